The Morgan fingerprint density at radius 1 is 1.38 bits per heavy atom. The first-order chi connectivity index (χ1) is 3.79. The van der Waals surface area contributed by atoms with Gasteiger partial charge in [-0.15, -0.1) is 0 Å². The number of hydrogen-bond donors (Lipinski definition) is 2. The van der Waals surface area contributed by atoms with Crippen LogP contribution in [0, 0.1) is 6.07 Å². The topological polar surface area (TPSA) is 40.5 Å². The van der Waals surface area contributed by atoms with Crippen molar-refractivity contribution < 1.29 is 10.2 Å². The van der Waals surface area contributed by atoms with E-state index in [-0.39, 0.29) is 11.5 Å². The normalized spacial score (nSPS) is 9.00. The highest BCUT2D eigenvalue weighted by Gasteiger charge is 1.86. The Balaban J connectivity index is 3.08. The van der Waals surface area contributed by atoms with Crippen LogP contribution >= 0.6 is 0 Å². The molecule has 2 N–H and O–H groups in total. The third-order valence-electron chi connectivity index (χ3n) is 0.770. The molecule has 2 nitrogen and oxygen atoms in total. The lowest BCUT2D eigenvalue weighted by Crippen LogP contribution is -1.62. The number of phenols is 2. The van der Waals surface area contributed by atoms with Gasteiger partial charge in [0.15, 0.2) is 0 Å². The van der Waals surface area contributed by atoms with Crippen LogP contribution in [0.25, 0.3) is 0 Å². The third kappa shape index (κ3) is 0.904. The van der Waals surface area contributed by atoms with E-state index in [1.54, 1.807) is 0 Å². The molecule has 0 unspecified atom stereocenters. The maximum Gasteiger partial charge on any atom is 0.127 e. The van der Waals surface area contributed by atoms with Gasteiger partial charge in [0.25, 0.3) is 0 Å². The molecule has 0 aliphatic carbocycles. The molecule has 41 valence electrons. The number of hydrogen-bond acceptors (Lipinski definition) is 2. The minimum absolute atomic E-state index is 0.0370. The van der Waals surface area contributed by atoms with Crippen molar-refractivity contribution in [3.63, 3.8) is 0 Å². The smallest absolute Gasteiger partial charge is 0.127 e. The second-order valence-corrected chi connectivity index (χ2v) is 1.43. The van der Waals surface area contributed by atoms with Gasteiger partial charge in [-0.1, -0.05) is 0 Å². The molecule has 1 rings (SSSR count). The molecule has 0 spiro atoms. The molecule has 0 saturated heterocycles. The Morgan fingerprint density at radius 2 is 2.12 bits per heavy atom. The van der Waals surface area contributed by atoms with Crippen molar-refractivity contribution in [1.82, 2.24) is 0 Å². The summed E-state index contributed by atoms with van der Waals surface area (Å²) in [7, 11) is 0. The Morgan fingerprint density at radius 3 is 2.50 bits per heavy atom. The fourth-order valence-corrected chi connectivity index (χ4v) is 0.442. The predicted molar refractivity (Wildman–Crippen MR) is 28.6 cm³/mol. The summed E-state index contributed by atoms with van der Waals surface area (Å²) in [5.41, 5.74) is 0. The lowest BCUT2D eigenvalue weighted by Gasteiger charge is -1.88. The van der Waals surface area contributed by atoms with Gasteiger partial charge in [-0.2, -0.15) is 0 Å². The minimum atomic E-state index is -0.0370. The summed E-state index contributed by atoms with van der Waals surface area (Å²) in [5.74, 6) is 0.0197. The van der Waals surface area contributed by atoms with Gasteiger partial charge >= 0.3 is 0 Å². The van der Waals surface area contributed by atoms with Gasteiger partial charge < -0.3 is 10.2 Å². The van der Waals surface area contributed by atoms with Crippen LogP contribution in [0.4, 0.5) is 0 Å². The molecule has 1 aromatic rings. The van der Waals surface area contributed by atoms with Crippen LogP contribution in [0.2, 0.25) is 0 Å². The molecular weight excluding hydrogens is 104 g/mol. The summed E-state index contributed by atoms with van der Waals surface area (Å²) >= 11 is 0. The zero-order chi connectivity index (χ0) is 5.98. The summed E-state index contributed by atoms with van der Waals surface area (Å²) in [5, 5.41) is 17.2. The number of phenolic OH excluding ortho intramolecular Hbond substituents is 2. The zero-order valence-electron chi connectivity index (χ0n) is 4.13. The van der Waals surface area contributed by atoms with E-state index < -0.39 is 0 Å². The predicted octanol–water partition coefficient (Wildman–Crippen LogP) is 0.898. The van der Waals surface area contributed by atoms with Crippen molar-refractivity contribution in [3.05, 3.63) is 24.3 Å². The van der Waals surface area contributed by atoms with Crippen molar-refractivity contribution in [2.24, 2.45) is 0 Å². The second-order valence-electron chi connectivity index (χ2n) is 1.43. The first kappa shape index (κ1) is 4.97. The second kappa shape index (κ2) is 1.74. The Labute approximate surface area is 47.0 Å². The van der Waals surface area contributed by atoms with Gasteiger partial charge in [-0.3, -0.25) is 0 Å². The van der Waals surface area contributed by atoms with E-state index in [4.69, 9.17) is 10.2 Å². The van der Waals surface area contributed by atoms with E-state index in [1.165, 1.54) is 18.2 Å². The minimum Gasteiger partial charge on any atom is -0.508 e. The van der Waals surface area contributed by atoms with Crippen molar-refractivity contribution in [2.45, 2.75) is 0 Å². The lowest BCUT2D eigenvalue weighted by molar-refractivity contribution is 0.450. The Kier molecular flexibility index (Phi) is 1.08. The zero-order valence-corrected chi connectivity index (χ0v) is 4.13. The average molecular weight is 109 g/mol. The van der Waals surface area contributed by atoms with Gasteiger partial charge in [0.2, 0.25) is 0 Å². The van der Waals surface area contributed by atoms with Gasteiger partial charge in [-0.05, 0) is 12.1 Å². The van der Waals surface area contributed by atoms with Crippen LogP contribution in [0.1, 0.15) is 0 Å². The molecule has 0 saturated carbocycles. The van der Waals surface area contributed by atoms with E-state index >= 15 is 0 Å². The van der Waals surface area contributed by atoms with Crippen molar-refractivity contribution >= 4 is 0 Å². The highest BCUT2D eigenvalue weighted by molar-refractivity contribution is 5.29. The largest absolute Gasteiger partial charge is 0.508 e. The molecule has 8 heavy (non-hydrogen) atoms. The third-order valence-corrected chi connectivity index (χ3v) is 0.770. The van der Waals surface area contributed by atoms with Crippen molar-refractivity contribution in [2.75, 3.05) is 0 Å². The standard InChI is InChI=1S/C6H5O2/c7-5-2-1-3-6(8)4-5/h1-2,4,7-8H. The number of aromatic hydroxyl groups is 2. The van der Waals surface area contributed by atoms with Gasteiger partial charge in [0.1, 0.15) is 11.5 Å². The molecule has 0 fully saturated rings. The fraction of sp³-hybridized carbons (Fsp3) is 0. The van der Waals surface area contributed by atoms with Gasteiger partial charge in [0.05, 0.1) is 0 Å². The molecule has 0 aliphatic rings. The summed E-state index contributed by atoms with van der Waals surface area (Å²) in [6.07, 6.45) is 0. The number of rotatable bonds is 0. The monoisotopic (exact) mass is 109 g/mol. The summed E-state index contributed by atoms with van der Waals surface area (Å²) in [6.45, 7) is 0. The average Bonchev–Trinajstić information content (AvgIpc) is 1.64. The Hall–Kier alpha value is -1.18. The van der Waals surface area contributed by atoms with Crippen LogP contribution in [0.15, 0.2) is 18.2 Å². The fourth-order valence-electron chi connectivity index (χ4n) is 0.442. The summed E-state index contributed by atoms with van der Waals surface area (Å²) in [6, 6.07) is 6.58. The Bertz CT molecular complexity index is 166. The first-order valence-electron chi connectivity index (χ1n) is 2.19. The molecular formula is C6H5O2. The highest BCUT2D eigenvalue weighted by atomic mass is 16.3. The van der Waals surface area contributed by atoms with Crippen LogP contribution in [-0.4, -0.2) is 10.2 Å². The number of benzene rings is 1. The first-order valence-corrected chi connectivity index (χ1v) is 2.19. The molecule has 0 heterocycles. The van der Waals surface area contributed by atoms with Gasteiger partial charge in [0, 0.05) is 12.1 Å². The molecule has 0 aliphatic heterocycles. The molecule has 1 aromatic carbocycles. The van der Waals surface area contributed by atoms with E-state index in [2.05, 4.69) is 6.07 Å². The van der Waals surface area contributed by atoms with E-state index in [0.717, 1.165) is 0 Å². The van der Waals surface area contributed by atoms with Crippen LogP contribution in [0.5, 0.6) is 11.5 Å². The maximum absolute atomic E-state index is 8.63. The van der Waals surface area contributed by atoms with Crippen molar-refractivity contribution in [3.8, 4) is 11.5 Å². The molecule has 2 heteroatoms. The quantitative estimate of drug-likeness (QED) is 0.519. The molecule has 0 aromatic heterocycles. The van der Waals surface area contributed by atoms with Crippen LogP contribution < -0.4 is 0 Å². The summed E-state index contributed by atoms with van der Waals surface area (Å²) in [4.78, 5) is 0. The molecule has 0 amide bonds. The van der Waals surface area contributed by atoms with E-state index in [0.29, 0.717) is 0 Å². The molecule has 1 radical (unpaired) electrons. The SMILES string of the molecule is Oc1[c]ccc(O)c1. The van der Waals surface area contributed by atoms with Crippen LogP contribution in [-0.2, 0) is 0 Å². The molecule has 0 atom stereocenters. The lowest BCUT2D eigenvalue weighted by atomic mass is 10.3. The van der Waals surface area contributed by atoms with Crippen LogP contribution in [0.3, 0.4) is 0 Å². The van der Waals surface area contributed by atoms with E-state index in [9.17, 15) is 0 Å². The highest BCUT2D eigenvalue weighted by Crippen LogP contribution is 2.14. The van der Waals surface area contributed by atoms with Gasteiger partial charge in [-0.25, -0.2) is 0 Å². The molecule has 0 bridgehead atoms. The maximum atomic E-state index is 8.63. The van der Waals surface area contributed by atoms with E-state index in [1.807, 2.05) is 0 Å². The van der Waals surface area contributed by atoms with Crippen molar-refractivity contribution in [1.29, 1.82) is 0 Å². The summed E-state index contributed by atoms with van der Waals surface area (Å²) < 4.78 is 0.